The fourth-order valence-electron chi connectivity index (χ4n) is 4.35. The number of hydrogen-bond acceptors (Lipinski definition) is 1. The van der Waals surface area contributed by atoms with Crippen LogP contribution in [0.2, 0.25) is 0 Å². The quantitative estimate of drug-likeness (QED) is 0.352. The molecule has 1 N–H and O–H groups in total. The summed E-state index contributed by atoms with van der Waals surface area (Å²) in [6.45, 7) is 2.74. The zero-order chi connectivity index (χ0) is 22.2. The van der Waals surface area contributed by atoms with Crippen LogP contribution in [0, 0.1) is 0 Å². The number of amides is 1. The van der Waals surface area contributed by atoms with E-state index in [1.807, 2.05) is 91.0 Å². The van der Waals surface area contributed by atoms with Crippen LogP contribution in [0.1, 0.15) is 34.7 Å². The van der Waals surface area contributed by atoms with E-state index in [9.17, 15) is 4.79 Å². The van der Waals surface area contributed by atoms with E-state index in [2.05, 4.69) is 36.5 Å². The molecule has 0 saturated carbocycles. The Morgan fingerprint density at radius 2 is 1.03 bits per heavy atom. The van der Waals surface area contributed by atoms with Crippen LogP contribution in [0.25, 0.3) is 0 Å². The third-order valence-electron chi connectivity index (χ3n) is 6.09. The minimum absolute atomic E-state index is 0.00808. The van der Waals surface area contributed by atoms with Crippen molar-refractivity contribution in [2.24, 2.45) is 0 Å². The van der Waals surface area contributed by atoms with Crippen LogP contribution in [0.3, 0.4) is 0 Å². The van der Waals surface area contributed by atoms with E-state index in [0.29, 0.717) is 6.54 Å². The van der Waals surface area contributed by atoms with Crippen molar-refractivity contribution in [3.63, 3.8) is 0 Å². The molecule has 0 fully saturated rings. The topological polar surface area (TPSA) is 29.1 Å². The van der Waals surface area contributed by atoms with Gasteiger partial charge in [0.1, 0.15) is 5.41 Å². The Balaban J connectivity index is 1.70. The summed E-state index contributed by atoms with van der Waals surface area (Å²) < 4.78 is 0. The molecule has 2 nitrogen and oxygen atoms in total. The van der Waals surface area contributed by atoms with Gasteiger partial charge in [-0.3, -0.25) is 4.79 Å². The van der Waals surface area contributed by atoms with Gasteiger partial charge < -0.3 is 5.32 Å². The van der Waals surface area contributed by atoms with Gasteiger partial charge in [0, 0.05) is 6.54 Å². The zero-order valence-electron chi connectivity index (χ0n) is 18.5. The second kappa shape index (κ2) is 10.1. The number of carbonyl (C=O) groups excluding carboxylic acids is 1. The fraction of sp³-hybridized carbons (Fsp3) is 0.167. The fourth-order valence-corrected chi connectivity index (χ4v) is 4.35. The number of hydrogen-bond donors (Lipinski definition) is 1. The molecule has 2 heteroatoms. The minimum Gasteiger partial charge on any atom is -0.354 e. The van der Waals surface area contributed by atoms with Gasteiger partial charge in [-0.15, -0.1) is 0 Å². The van der Waals surface area contributed by atoms with Crippen LogP contribution in [0.4, 0.5) is 0 Å². The Labute approximate surface area is 191 Å². The van der Waals surface area contributed by atoms with E-state index in [-0.39, 0.29) is 5.91 Å². The summed E-state index contributed by atoms with van der Waals surface area (Å²) in [5.74, 6) is -0.00808. The lowest BCUT2D eigenvalue weighted by atomic mass is 9.68. The highest BCUT2D eigenvalue weighted by molar-refractivity contribution is 5.96. The first-order valence-corrected chi connectivity index (χ1v) is 11.3. The highest BCUT2D eigenvalue weighted by atomic mass is 16.2. The van der Waals surface area contributed by atoms with Gasteiger partial charge in [0.15, 0.2) is 0 Å². The van der Waals surface area contributed by atoms with E-state index in [1.165, 1.54) is 11.1 Å². The standard InChI is InChI=1S/C30H29NO/c1-2-24-18-20-25(21-19-24)22-23-31-29(32)30(26-12-6-3-7-13-26,27-14-8-4-9-15-27)28-16-10-5-11-17-28/h3-21H,2,22-23H2,1H3,(H,31,32). The van der Waals surface area contributed by atoms with Gasteiger partial charge in [-0.2, -0.15) is 0 Å². The Bertz CT molecular complexity index is 1020. The molecule has 0 aliphatic rings. The van der Waals surface area contributed by atoms with Gasteiger partial charge in [0.25, 0.3) is 0 Å². The molecule has 32 heavy (non-hydrogen) atoms. The van der Waals surface area contributed by atoms with Crippen LogP contribution >= 0.6 is 0 Å². The van der Waals surface area contributed by atoms with Crippen molar-refractivity contribution in [2.75, 3.05) is 6.54 Å². The number of aryl methyl sites for hydroxylation is 1. The number of carbonyl (C=O) groups is 1. The maximum absolute atomic E-state index is 14.0. The summed E-state index contributed by atoms with van der Waals surface area (Å²) in [6.07, 6.45) is 1.83. The van der Waals surface area contributed by atoms with Crippen molar-refractivity contribution in [1.29, 1.82) is 0 Å². The summed E-state index contributed by atoms with van der Waals surface area (Å²) in [5, 5.41) is 3.26. The molecule has 0 radical (unpaired) electrons. The summed E-state index contributed by atoms with van der Waals surface area (Å²) in [5.41, 5.74) is 4.52. The van der Waals surface area contributed by atoms with Crippen LogP contribution in [-0.4, -0.2) is 12.5 Å². The van der Waals surface area contributed by atoms with Crippen LogP contribution in [0.15, 0.2) is 115 Å². The highest BCUT2D eigenvalue weighted by Gasteiger charge is 2.43. The van der Waals surface area contributed by atoms with Gasteiger partial charge in [0.2, 0.25) is 5.91 Å². The molecule has 4 aromatic carbocycles. The van der Waals surface area contributed by atoms with Crippen molar-refractivity contribution in [3.8, 4) is 0 Å². The maximum Gasteiger partial charge on any atom is 0.239 e. The first-order valence-electron chi connectivity index (χ1n) is 11.3. The third kappa shape index (κ3) is 4.36. The second-order valence-corrected chi connectivity index (χ2v) is 8.02. The van der Waals surface area contributed by atoms with E-state index in [4.69, 9.17) is 0 Å². The van der Waals surface area contributed by atoms with Crippen LogP contribution < -0.4 is 5.32 Å². The molecule has 0 unspecified atom stereocenters. The summed E-state index contributed by atoms with van der Waals surface area (Å²) in [6, 6.07) is 38.9. The normalized spacial score (nSPS) is 11.2. The van der Waals surface area contributed by atoms with Crippen molar-refractivity contribution in [3.05, 3.63) is 143 Å². The number of rotatable bonds is 8. The smallest absolute Gasteiger partial charge is 0.239 e. The predicted molar refractivity (Wildman–Crippen MR) is 132 cm³/mol. The molecule has 0 aliphatic heterocycles. The third-order valence-corrected chi connectivity index (χ3v) is 6.09. The van der Waals surface area contributed by atoms with Crippen LogP contribution in [-0.2, 0) is 23.1 Å². The van der Waals surface area contributed by atoms with E-state index in [1.54, 1.807) is 0 Å². The summed E-state index contributed by atoms with van der Waals surface area (Å²) in [7, 11) is 0. The molecule has 160 valence electrons. The van der Waals surface area contributed by atoms with E-state index in [0.717, 1.165) is 29.5 Å². The highest BCUT2D eigenvalue weighted by Crippen LogP contribution is 2.39. The number of nitrogens with one attached hydrogen (secondary N) is 1. The Morgan fingerprint density at radius 3 is 1.44 bits per heavy atom. The lowest BCUT2D eigenvalue weighted by molar-refractivity contribution is -0.124. The maximum atomic E-state index is 14.0. The molecule has 4 aromatic rings. The van der Waals surface area contributed by atoms with Crippen molar-refractivity contribution >= 4 is 5.91 Å². The summed E-state index contributed by atoms with van der Waals surface area (Å²) in [4.78, 5) is 14.0. The molecule has 0 bridgehead atoms. The molecule has 0 aliphatic carbocycles. The van der Waals surface area contributed by atoms with Gasteiger partial charge >= 0.3 is 0 Å². The first-order chi connectivity index (χ1) is 15.7. The summed E-state index contributed by atoms with van der Waals surface area (Å²) >= 11 is 0. The lowest BCUT2D eigenvalue weighted by Crippen LogP contribution is -2.46. The van der Waals surface area contributed by atoms with Gasteiger partial charge in [-0.1, -0.05) is 122 Å². The van der Waals surface area contributed by atoms with Gasteiger partial charge in [0.05, 0.1) is 0 Å². The monoisotopic (exact) mass is 419 g/mol. The second-order valence-electron chi connectivity index (χ2n) is 8.02. The molecule has 0 spiro atoms. The molecule has 0 aromatic heterocycles. The van der Waals surface area contributed by atoms with Gasteiger partial charge in [-0.25, -0.2) is 0 Å². The molecule has 1 amide bonds. The molecule has 4 rings (SSSR count). The average Bonchev–Trinajstić information content (AvgIpc) is 2.87. The Hall–Kier alpha value is -3.65. The molecule has 0 saturated heterocycles. The number of benzene rings is 4. The van der Waals surface area contributed by atoms with E-state index >= 15 is 0 Å². The van der Waals surface area contributed by atoms with Crippen molar-refractivity contribution < 1.29 is 4.79 Å². The predicted octanol–water partition coefficient (Wildman–Crippen LogP) is 5.94. The SMILES string of the molecule is CCc1ccc(CCNC(=O)C(c2ccccc2)(c2ccccc2)c2ccccc2)cc1. The molecule has 0 heterocycles. The first kappa shape index (κ1) is 21.6. The minimum atomic E-state index is -0.921. The Kier molecular flexibility index (Phi) is 6.81. The van der Waals surface area contributed by atoms with Gasteiger partial charge in [-0.05, 0) is 40.7 Å². The lowest BCUT2D eigenvalue weighted by Gasteiger charge is -2.34. The zero-order valence-corrected chi connectivity index (χ0v) is 18.5. The van der Waals surface area contributed by atoms with Crippen molar-refractivity contribution in [1.82, 2.24) is 5.32 Å². The Morgan fingerprint density at radius 1 is 0.625 bits per heavy atom. The molecular formula is C30H29NO. The largest absolute Gasteiger partial charge is 0.354 e. The van der Waals surface area contributed by atoms with E-state index < -0.39 is 5.41 Å². The molecule has 0 atom stereocenters. The van der Waals surface area contributed by atoms with Crippen molar-refractivity contribution in [2.45, 2.75) is 25.2 Å². The molecular weight excluding hydrogens is 390 g/mol. The average molecular weight is 420 g/mol. The van der Waals surface area contributed by atoms with Crippen LogP contribution in [0.5, 0.6) is 0 Å².